The molecule has 5 nitrogen and oxygen atoms in total. The van der Waals surface area contributed by atoms with Crippen LogP contribution in [-0.4, -0.2) is 39.1 Å². The van der Waals surface area contributed by atoms with E-state index in [9.17, 15) is 4.79 Å². The largest absolute Gasteiger partial charge is 0.444 e. The van der Waals surface area contributed by atoms with Gasteiger partial charge in [-0.05, 0) is 76.3 Å². The first-order valence-electron chi connectivity index (χ1n) is 9.96. The third-order valence-electron chi connectivity index (χ3n) is 5.13. The number of aromatic nitrogens is 2. The fraction of sp³-hybridized carbons (Fsp3) is 0.435. The average Bonchev–Trinajstić information content (AvgIpc) is 3.07. The molecular formula is C23H27N3O2. The normalized spacial score (nSPS) is 17.4. The molecule has 0 radical (unpaired) electrons. The predicted molar refractivity (Wildman–Crippen MR) is 111 cm³/mol. The summed E-state index contributed by atoms with van der Waals surface area (Å²) in [5.41, 5.74) is 5.47. The van der Waals surface area contributed by atoms with E-state index >= 15 is 0 Å². The third kappa shape index (κ3) is 3.79. The van der Waals surface area contributed by atoms with Crippen LogP contribution in [0.5, 0.6) is 0 Å². The maximum atomic E-state index is 12.6. The zero-order valence-corrected chi connectivity index (χ0v) is 17.0. The van der Waals surface area contributed by atoms with Gasteiger partial charge >= 0.3 is 6.09 Å². The Morgan fingerprint density at radius 1 is 1.14 bits per heavy atom. The number of carbonyl (C=O) groups is 1. The first-order valence-corrected chi connectivity index (χ1v) is 9.96. The fourth-order valence-corrected chi connectivity index (χ4v) is 3.97. The summed E-state index contributed by atoms with van der Waals surface area (Å²) < 4.78 is 5.62. The smallest absolute Gasteiger partial charge is 0.410 e. The van der Waals surface area contributed by atoms with E-state index in [0.717, 1.165) is 59.0 Å². The van der Waals surface area contributed by atoms with Gasteiger partial charge in [0.05, 0.1) is 22.1 Å². The molecule has 28 heavy (non-hydrogen) atoms. The summed E-state index contributed by atoms with van der Waals surface area (Å²) in [7, 11) is 0. The van der Waals surface area contributed by atoms with Crippen LogP contribution in [0.15, 0.2) is 36.4 Å². The van der Waals surface area contributed by atoms with E-state index < -0.39 is 5.60 Å². The number of para-hydroxylation sites is 2. The molecule has 2 heterocycles. The number of ether oxygens (including phenoxy) is 1. The number of rotatable bonds is 2. The molecule has 1 aliphatic rings. The Balaban J connectivity index is 1.68. The Kier molecular flexibility index (Phi) is 4.69. The van der Waals surface area contributed by atoms with Crippen LogP contribution in [0.2, 0.25) is 0 Å². The lowest BCUT2D eigenvalue weighted by Gasteiger charge is -2.29. The highest BCUT2D eigenvalue weighted by molar-refractivity contribution is 5.88. The van der Waals surface area contributed by atoms with Gasteiger partial charge in [0.2, 0.25) is 0 Å². The van der Waals surface area contributed by atoms with Crippen molar-refractivity contribution in [3.63, 3.8) is 0 Å². The van der Waals surface area contributed by atoms with Gasteiger partial charge in [-0.3, -0.25) is 0 Å². The molecule has 1 amide bonds. The Hall–Kier alpha value is -2.69. The Morgan fingerprint density at radius 3 is 2.57 bits per heavy atom. The number of aryl methyl sites for hydroxylation is 1. The second-order valence-electron chi connectivity index (χ2n) is 8.68. The number of nitrogens with zero attached hydrogens (tertiary/aromatic N) is 3. The molecule has 1 fully saturated rings. The lowest BCUT2D eigenvalue weighted by Crippen LogP contribution is -2.40. The fourth-order valence-electron chi connectivity index (χ4n) is 3.97. The van der Waals surface area contributed by atoms with Crippen molar-refractivity contribution in [1.82, 2.24) is 14.9 Å². The average molecular weight is 377 g/mol. The maximum absolute atomic E-state index is 12.6. The Labute approximate surface area is 165 Å². The van der Waals surface area contributed by atoms with Crippen molar-refractivity contribution in [2.45, 2.75) is 58.6 Å². The number of benzene rings is 2. The van der Waals surface area contributed by atoms with Gasteiger partial charge in [0.15, 0.2) is 0 Å². The van der Waals surface area contributed by atoms with Gasteiger partial charge in [-0.2, -0.15) is 0 Å². The molecule has 1 aromatic heterocycles. The van der Waals surface area contributed by atoms with Crippen molar-refractivity contribution < 1.29 is 9.53 Å². The monoisotopic (exact) mass is 377 g/mol. The van der Waals surface area contributed by atoms with E-state index in [1.54, 1.807) is 0 Å². The topological polar surface area (TPSA) is 55.3 Å². The molecule has 146 valence electrons. The van der Waals surface area contributed by atoms with Crippen LogP contribution >= 0.6 is 0 Å². The minimum Gasteiger partial charge on any atom is -0.444 e. The number of amides is 1. The van der Waals surface area contributed by atoms with Crippen LogP contribution in [0.25, 0.3) is 22.1 Å². The van der Waals surface area contributed by atoms with E-state index in [0.29, 0.717) is 0 Å². The lowest BCUT2D eigenvalue weighted by atomic mass is 10.00. The van der Waals surface area contributed by atoms with E-state index in [1.165, 1.54) is 0 Å². The highest BCUT2D eigenvalue weighted by Gasteiger charge is 2.32. The van der Waals surface area contributed by atoms with Gasteiger partial charge in [-0.1, -0.05) is 18.2 Å². The summed E-state index contributed by atoms with van der Waals surface area (Å²) in [6.45, 7) is 8.55. The molecule has 0 N–H and O–H groups in total. The molecule has 0 saturated carbocycles. The number of likely N-dealkylation sites (tertiary alicyclic amines) is 1. The second-order valence-corrected chi connectivity index (χ2v) is 8.68. The molecular weight excluding hydrogens is 350 g/mol. The second kappa shape index (κ2) is 7.04. The van der Waals surface area contributed by atoms with E-state index in [1.807, 2.05) is 49.9 Å². The van der Waals surface area contributed by atoms with Crippen LogP contribution in [0.4, 0.5) is 4.79 Å². The van der Waals surface area contributed by atoms with E-state index in [4.69, 9.17) is 14.7 Å². The molecule has 0 aliphatic carbocycles. The van der Waals surface area contributed by atoms with Crippen molar-refractivity contribution in [2.24, 2.45) is 0 Å². The highest BCUT2D eigenvalue weighted by atomic mass is 16.6. The zero-order chi connectivity index (χ0) is 19.9. The third-order valence-corrected chi connectivity index (χ3v) is 5.13. The van der Waals surface area contributed by atoms with Crippen LogP contribution in [0.1, 0.15) is 44.7 Å². The van der Waals surface area contributed by atoms with Gasteiger partial charge in [-0.25, -0.2) is 14.8 Å². The van der Waals surface area contributed by atoms with Crippen LogP contribution in [0.3, 0.4) is 0 Å². The van der Waals surface area contributed by atoms with Gasteiger partial charge in [0.25, 0.3) is 0 Å². The standard InChI is InChI=1S/C23H27N3O2/c1-15-12-16(14-17-8-7-11-26(17)22(27)28-23(2,3)4)21-20(13-15)24-18-9-5-6-10-19(18)25-21/h5-6,9-10,12-13,17H,7-8,11,14H2,1-4H3. The molecule has 5 heteroatoms. The predicted octanol–water partition coefficient (Wildman–Crippen LogP) is 5.03. The van der Waals surface area contributed by atoms with Crippen LogP contribution in [0, 0.1) is 6.92 Å². The van der Waals surface area contributed by atoms with Crippen molar-refractivity contribution in [3.05, 3.63) is 47.5 Å². The molecule has 0 bridgehead atoms. The number of fused-ring (bicyclic) bond motifs is 2. The summed E-state index contributed by atoms with van der Waals surface area (Å²) in [4.78, 5) is 24.2. The van der Waals surface area contributed by atoms with Crippen molar-refractivity contribution in [2.75, 3.05) is 6.54 Å². The molecule has 4 rings (SSSR count). The summed E-state index contributed by atoms with van der Waals surface area (Å²) in [6.07, 6.45) is 2.53. The van der Waals surface area contributed by atoms with Crippen LogP contribution in [-0.2, 0) is 11.2 Å². The number of hydrogen-bond donors (Lipinski definition) is 0. The minimum absolute atomic E-state index is 0.133. The highest BCUT2D eigenvalue weighted by Crippen LogP contribution is 2.28. The van der Waals surface area contributed by atoms with Crippen molar-refractivity contribution in [1.29, 1.82) is 0 Å². The molecule has 3 aromatic rings. The molecule has 1 aliphatic heterocycles. The van der Waals surface area contributed by atoms with E-state index in [-0.39, 0.29) is 12.1 Å². The Morgan fingerprint density at radius 2 is 1.86 bits per heavy atom. The summed E-state index contributed by atoms with van der Waals surface area (Å²) in [5, 5.41) is 0. The summed E-state index contributed by atoms with van der Waals surface area (Å²) in [6, 6.07) is 12.3. The lowest BCUT2D eigenvalue weighted by molar-refractivity contribution is 0.0227. The van der Waals surface area contributed by atoms with Crippen LogP contribution < -0.4 is 0 Å². The molecule has 1 saturated heterocycles. The zero-order valence-electron chi connectivity index (χ0n) is 17.0. The van der Waals surface area contributed by atoms with Crippen molar-refractivity contribution >= 4 is 28.2 Å². The molecule has 2 aromatic carbocycles. The SMILES string of the molecule is Cc1cc(CC2CCCN2C(=O)OC(C)(C)C)c2nc3ccccc3nc2c1. The van der Waals surface area contributed by atoms with Gasteiger partial charge in [-0.15, -0.1) is 0 Å². The minimum atomic E-state index is -0.482. The maximum Gasteiger partial charge on any atom is 0.410 e. The van der Waals surface area contributed by atoms with E-state index in [2.05, 4.69) is 19.1 Å². The first-order chi connectivity index (χ1) is 13.3. The van der Waals surface area contributed by atoms with Gasteiger partial charge in [0, 0.05) is 12.6 Å². The summed E-state index contributed by atoms with van der Waals surface area (Å²) in [5.74, 6) is 0. The first kappa shape index (κ1) is 18.7. The van der Waals surface area contributed by atoms with Crippen molar-refractivity contribution in [3.8, 4) is 0 Å². The molecule has 1 atom stereocenters. The number of hydrogen-bond acceptors (Lipinski definition) is 4. The quantitative estimate of drug-likeness (QED) is 0.588. The molecule has 0 spiro atoms. The Bertz CT molecular complexity index is 1040. The number of carbonyl (C=O) groups excluding carboxylic acids is 1. The van der Waals surface area contributed by atoms with Gasteiger partial charge < -0.3 is 9.64 Å². The summed E-state index contributed by atoms with van der Waals surface area (Å²) >= 11 is 0. The van der Waals surface area contributed by atoms with Gasteiger partial charge in [0.1, 0.15) is 5.60 Å². The molecule has 1 unspecified atom stereocenters.